The third-order valence-corrected chi connectivity index (χ3v) is 0.559. The lowest BCUT2D eigenvalue weighted by Gasteiger charge is -1.91. The first-order valence-corrected chi connectivity index (χ1v) is 1.74. The summed E-state index contributed by atoms with van der Waals surface area (Å²) in [6.45, 7) is 1.74. The monoisotopic (exact) mass is 88.0 g/mol. The summed E-state index contributed by atoms with van der Waals surface area (Å²) in [4.78, 5) is 0. The van der Waals surface area contributed by atoms with Gasteiger partial charge >= 0.3 is 0 Å². The maximum Gasteiger partial charge on any atom is 0.211 e. The van der Waals surface area contributed by atoms with Crippen LogP contribution in [0.25, 0.3) is 0 Å². The van der Waals surface area contributed by atoms with E-state index in [-0.39, 0.29) is 6.23 Å². The third-order valence-electron chi connectivity index (χ3n) is 0.559. The molecule has 1 fully saturated rings. The fraction of sp³-hybridized carbons (Fsp3) is 0.667. The molecule has 0 aromatic carbocycles. The second-order valence-electron chi connectivity index (χ2n) is 1.10. The van der Waals surface area contributed by atoms with Crippen LogP contribution in [0.4, 0.5) is 0 Å². The van der Waals surface area contributed by atoms with Crippen molar-refractivity contribution in [3.63, 3.8) is 0 Å². The van der Waals surface area contributed by atoms with Crippen molar-refractivity contribution >= 4 is 0 Å². The Morgan fingerprint density at radius 2 is 2.67 bits per heavy atom. The third kappa shape index (κ3) is 0.680. The summed E-state index contributed by atoms with van der Waals surface area (Å²) >= 11 is 0. The van der Waals surface area contributed by atoms with Gasteiger partial charge in [0.05, 0.1) is 6.61 Å². The maximum absolute atomic E-state index is 5.16. The van der Waals surface area contributed by atoms with Gasteiger partial charge in [-0.05, 0) is 0 Å². The Hall–Kier alpha value is -0.120. The summed E-state index contributed by atoms with van der Waals surface area (Å²) in [7, 11) is 0. The SMILES string of the molecule is NC1CO[CH]O1. The largest absolute Gasteiger partial charge is 0.344 e. The van der Waals surface area contributed by atoms with Crippen LogP contribution >= 0.6 is 0 Å². The van der Waals surface area contributed by atoms with E-state index in [1.807, 2.05) is 0 Å². The molecule has 6 heavy (non-hydrogen) atoms. The van der Waals surface area contributed by atoms with Crippen molar-refractivity contribution in [2.45, 2.75) is 6.23 Å². The fourth-order valence-electron chi connectivity index (χ4n) is 0.284. The van der Waals surface area contributed by atoms with Gasteiger partial charge in [0.25, 0.3) is 0 Å². The molecule has 1 radical (unpaired) electrons. The Kier molecular flexibility index (Phi) is 1.05. The molecule has 1 heterocycles. The molecule has 0 amide bonds. The quantitative estimate of drug-likeness (QED) is 0.431. The average molecular weight is 88.1 g/mol. The van der Waals surface area contributed by atoms with Gasteiger partial charge in [0.15, 0.2) is 0 Å². The van der Waals surface area contributed by atoms with Crippen molar-refractivity contribution in [2.75, 3.05) is 6.61 Å². The molecule has 0 saturated carbocycles. The molecule has 1 rings (SSSR count). The second-order valence-corrected chi connectivity index (χ2v) is 1.10. The average Bonchev–Trinajstić information content (AvgIpc) is 1.86. The van der Waals surface area contributed by atoms with Crippen LogP contribution in [0.2, 0.25) is 0 Å². The smallest absolute Gasteiger partial charge is 0.211 e. The van der Waals surface area contributed by atoms with Crippen molar-refractivity contribution in [3.05, 3.63) is 6.79 Å². The zero-order chi connectivity index (χ0) is 4.41. The molecule has 1 aliphatic heterocycles. The molecule has 0 aromatic rings. The van der Waals surface area contributed by atoms with Crippen LogP contribution in [0.15, 0.2) is 0 Å². The summed E-state index contributed by atoms with van der Waals surface area (Å²) in [6.07, 6.45) is -0.231. The number of rotatable bonds is 0. The van der Waals surface area contributed by atoms with Gasteiger partial charge in [-0.2, -0.15) is 0 Å². The summed E-state index contributed by atoms with van der Waals surface area (Å²) in [5.41, 5.74) is 5.16. The summed E-state index contributed by atoms with van der Waals surface area (Å²) < 4.78 is 9.17. The van der Waals surface area contributed by atoms with E-state index in [4.69, 9.17) is 5.73 Å². The number of ether oxygens (including phenoxy) is 2. The lowest BCUT2D eigenvalue weighted by molar-refractivity contribution is 0.130. The first kappa shape index (κ1) is 4.05. The Bertz CT molecular complexity index is 42.1. The van der Waals surface area contributed by atoms with E-state index in [2.05, 4.69) is 9.47 Å². The van der Waals surface area contributed by atoms with Crippen LogP contribution in [-0.2, 0) is 9.47 Å². The maximum atomic E-state index is 5.16. The highest BCUT2D eigenvalue weighted by Gasteiger charge is 2.09. The molecule has 1 unspecified atom stereocenters. The van der Waals surface area contributed by atoms with Gasteiger partial charge in [-0.15, -0.1) is 0 Å². The van der Waals surface area contributed by atoms with Crippen LogP contribution in [0.5, 0.6) is 0 Å². The van der Waals surface area contributed by atoms with Gasteiger partial charge < -0.3 is 15.2 Å². The minimum Gasteiger partial charge on any atom is -0.344 e. The molecular weight excluding hydrogens is 82.0 g/mol. The topological polar surface area (TPSA) is 44.5 Å². The van der Waals surface area contributed by atoms with Crippen LogP contribution < -0.4 is 5.73 Å². The summed E-state index contributed by atoms with van der Waals surface area (Å²) in [5, 5.41) is 0. The van der Waals surface area contributed by atoms with Crippen LogP contribution in [0.3, 0.4) is 0 Å². The van der Waals surface area contributed by atoms with Crippen molar-refractivity contribution in [1.82, 2.24) is 0 Å². The van der Waals surface area contributed by atoms with Crippen LogP contribution in [0, 0.1) is 6.79 Å². The molecule has 1 aliphatic rings. The number of hydrogen-bond acceptors (Lipinski definition) is 3. The van der Waals surface area contributed by atoms with E-state index in [0.29, 0.717) is 6.61 Å². The van der Waals surface area contributed by atoms with E-state index in [0.717, 1.165) is 0 Å². The predicted octanol–water partition coefficient (Wildman–Crippen LogP) is -0.563. The normalized spacial score (nSPS) is 34.5. The minimum atomic E-state index is -0.231. The zero-order valence-electron chi connectivity index (χ0n) is 3.26. The molecule has 1 saturated heterocycles. The van der Waals surface area contributed by atoms with E-state index in [1.165, 1.54) is 6.79 Å². The summed E-state index contributed by atoms with van der Waals surface area (Å²) in [5.74, 6) is 0. The predicted molar refractivity (Wildman–Crippen MR) is 19.3 cm³/mol. The van der Waals surface area contributed by atoms with Crippen LogP contribution in [0.1, 0.15) is 0 Å². The van der Waals surface area contributed by atoms with E-state index < -0.39 is 0 Å². The van der Waals surface area contributed by atoms with E-state index >= 15 is 0 Å². The molecule has 0 spiro atoms. The van der Waals surface area contributed by atoms with Crippen molar-refractivity contribution < 1.29 is 9.47 Å². The standard InChI is InChI=1S/C3H6NO2/c4-3-1-5-2-6-3/h2-3H,1,4H2. The van der Waals surface area contributed by atoms with Crippen molar-refractivity contribution in [1.29, 1.82) is 0 Å². The second kappa shape index (κ2) is 1.55. The van der Waals surface area contributed by atoms with Gasteiger partial charge in [-0.1, -0.05) is 0 Å². The Morgan fingerprint density at radius 3 is 2.83 bits per heavy atom. The van der Waals surface area contributed by atoms with E-state index in [9.17, 15) is 0 Å². The van der Waals surface area contributed by atoms with Crippen molar-refractivity contribution in [2.24, 2.45) is 5.73 Å². The Balaban J connectivity index is 2.18. The fourth-order valence-corrected chi connectivity index (χ4v) is 0.284. The molecule has 35 valence electrons. The molecule has 0 bridgehead atoms. The molecule has 3 nitrogen and oxygen atoms in total. The molecule has 3 heteroatoms. The van der Waals surface area contributed by atoms with Gasteiger partial charge in [0, 0.05) is 0 Å². The number of hydrogen-bond donors (Lipinski definition) is 1. The first-order chi connectivity index (χ1) is 2.89. The first-order valence-electron chi connectivity index (χ1n) is 1.74. The molecule has 0 aliphatic carbocycles. The molecule has 2 N–H and O–H groups in total. The van der Waals surface area contributed by atoms with Gasteiger partial charge in [-0.3, -0.25) is 0 Å². The highest BCUT2D eigenvalue weighted by atomic mass is 16.7. The highest BCUT2D eigenvalue weighted by molar-refractivity contribution is 4.52. The lowest BCUT2D eigenvalue weighted by atomic mass is 10.7. The van der Waals surface area contributed by atoms with Gasteiger partial charge in [-0.25, -0.2) is 0 Å². The van der Waals surface area contributed by atoms with Crippen molar-refractivity contribution in [3.8, 4) is 0 Å². The van der Waals surface area contributed by atoms with Gasteiger partial charge in [0.2, 0.25) is 6.79 Å². The van der Waals surface area contributed by atoms with E-state index in [1.54, 1.807) is 0 Å². The minimum absolute atomic E-state index is 0.231. The highest BCUT2D eigenvalue weighted by Crippen LogP contribution is 1.98. The summed E-state index contributed by atoms with van der Waals surface area (Å²) in [6, 6.07) is 0. The molecule has 1 atom stereocenters. The molecule has 0 aromatic heterocycles. The Labute approximate surface area is 36.0 Å². The Morgan fingerprint density at radius 1 is 1.83 bits per heavy atom. The number of nitrogens with two attached hydrogens (primary N) is 1. The van der Waals surface area contributed by atoms with Crippen LogP contribution in [-0.4, -0.2) is 12.8 Å². The molecular formula is C3H6NO2. The van der Waals surface area contributed by atoms with Gasteiger partial charge in [0.1, 0.15) is 6.23 Å². The zero-order valence-corrected chi connectivity index (χ0v) is 3.26. The lowest BCUT2D eigenvalue weighted by Crippen LogP contribution is -2.20.